The fraction of sp³-hybridized carbons (Fsp3) is 0. The first-order valence-corrected chi connectivity index (χ1v) is 14.5. The summed E-state index contributed by atoms with van der Waals surface area (Å²) in [6, 6.07) is 48.9. The lowest BCUT2D eigenvalue weighted by atomic mass is 9.98. The van der Waals surface area contributed by atoms with Crippen LogP contribution >= 0.6 is 0 Å². The molecule has 200 valence electrons. The van der Waals surface area contributed by atoms with E-state index in [1.165, 1.54) is 27.5 Å². The lowest BCUT2D eigenvalue weighted by Gasteiger charge is -2.11. The zero-order chi connectivity index (χ0) is 28.3. The largest absolute Gasteiger partial charge is 0.456 e. The van der Waals surface area contributed by atoms with Gasteiger partial charge in [-0.25, -0.2) is 4.98 Å². The molecule has 2 aromatic heterocycles. The predicted octanol–water partition coefficient (Wildman–Crippen LogP) is 10.8. The Balaban J connectivity index is 1.05. The highest BCUT2D eigenvalue weighted by molar-refractivity contribution is 6.23. The van der Waals surface area contributed by atoms with Crippen LogP contribution < -0.4 is 0 Å². The zero-order valence-corrected chi connectivity index (χ0v) is 23.2. The van der Waals surface area contributed by atoms with Crippen molar-refractivity contribution in [3.63, 3.8) is 0 Å². The highest BCUT2D eigenvalue weighted by atomic mass is 16.3. The third kappa shape index (κ3) is 3.83. The minimum atomic E-state index is 0.872. The van der Waals surface area contributed by atoms with Crippen molar-refractivity contribution in [2.24, 2.45) is 0 Å². The molecule has 0 bridgehead atoms. The van der Waals surface area contributed by atoms with Crippen LogP contribution in [-0.2, 0) is 0 Å². The maximum absolute atomic E-state index is 6.01. The van der Waals surface area contributed by atoms with Crippen molar-refractivity contribution in [2.75, 3.05) is 0 Å². The van der Waals surface area contributed by atoms with Gasteiger partial charge in [-0.3, -0.25) is 4.98 Å². The molecule has 3 heteroatoms. The van der Waals surface area contributed by atoms with Gasteiger partial charge in [0.1, 0.15) is 11.2 Å². The van der Waals surface area contributed by atoms with Crippen molar-refractivity contribution in [1.29, 1.82) is 0 Å². The first-order valence-electron chi connectivity index (χ1n) is 14.5. The van der Waals surface area contributed by atoms with Gasteiger partial charge in [0.2, 0.25) is 0 Å². The molecule has 0 saturated carbocycles. The standard InChI is InChI=1S/C40H24N2O/c1-3-10-33-30(7-1)31-8-2-4-11-34(31)40-39(33)41-24-36(42-40)28-19-17-26(18-20-28)25-13-15-27(16-14-25)29-21-22-38-35(23-29)32-9-5-6-12-37(32)43-38/h1-24H. The normalized spacial score (nSPS) is 11.7. The van der Waals surface area contributed by atoms with E-state index in [2.05, 4.69) is 127 Å². The first kappa shape index (κ1) is 23.9. The number of fused-ring (bicyclic) bond motifs is 9. The van der Waals surface area contributed by atoms with Gasteiger partial charge < -0.3 is 4.42 Å². The molecular weight excluding hydrogens is 524 g/mol. The second kappa shape index (κ2) is 9.37. The number of aromatic nitrogens is 2. The van der Waals surface area contributed by atoms with Gasteiger partial charge in [0.15, 0.2) is 0 Å². The number of furan rings is 1. The summed E-state index contributed by atoms with van der Waals surface area (Å²) in [5.41, 5.74) is 10.3. The molecule has 0 aliphatic rings. The van der Waals surface area contributed by atoms with Crippen LogP contribution in [0.1, 0.15) is 0 Å². The molecule has 9 aromatic rings. The lowest BCUT2D eigenvalue weighted by Crippen LogP contribution is -1.92. The molecule has 0 unspecified atom stereocenters. The maximum Gasteiger partial charge on any atom is 0.135 e. The highest BCUT2D eigenvalue weighted by Gasteiger charge is 2.12. The minimum absolute atomic E-state index is 0.872. The van der Waals surface area contributed by atoms with Gasteiger partial charge in [-0.15, -0.1) is 0 Å². The van der Waals surface area contributed by atoms with E-state index < -0.39 is 0 Å². The van der Waals surface area contributed by atoms with E-state index in [4.69, 9.17) is 14.4 Å². The second-order valence-corrected chi connectivity index (χ2v) is 11.0. The number of para-hydroxylation sites is 1. The Morgan fingerprint density at radius 3 is 1.53 bits per heavy atom. The molecule has 0 atom stereocenters. The molecular formula is C40H24N2O. The van der Waals surface area contributed by atoms with Crippen molar-refractivity contribution >= 4 is 54.5 Å². The maximum atomic E-state index is 6.01. The van der Waals surface area contributed by atoms with E-state index in [1.807, 2.05) is 18.3 Å². The van der Waals surface area contributed by atoms with E-state index in [0.717, 1.165) is 60.6 Å². The first-order chi connectivity index (χ1) is 21.3. The van der Waals surface area contributed by atoms with Crippen molar-refractivity contribution in [2.45, 2.75) is 0 Å². The van der Waals surface area contributed by atoms with E-state index in [1.54, 1.807) is 0 Å². The smallest absolute Gasteiger partial charge is 0.135 e. The number of benzene rings is 7. The summed E-state index contributed by atoms with van der Waals surface area (Å²) in [5.74, 6) is 0. The molecule has 7 aromatic carbocycles. The number of hydrogen-bond donors (Lipinski definition) is 0. The van der Waals surface area contributed by atoms with Crippen molar-refractivity contribution < 1.29 is 4.42 Å². The molecule has 0 N–H and O–H groups in total. The van der Waals surface area contributed by atoms with Gasteiger partial charge in [-0.2, -0.15) is 0 Å². The third-order valence-electron chi connectivity index (χ3n) is 8.54. The Morgan fingerprint density at radius 1 is 0.372 bits per heavy atom. The highest BCUT2D eigenvalue weighted by Crippen LogP contribution is 2.35. The predicted molar refractivity (Wildman–Crippen MR) is 178 cm³/mol. The van der Waals surface area contributed by atoms with Crippen LogP contribution in [0.15, 0.2) is 150 Å². The molecule has 0 aliphatic carbocycles. The lowest BCUT2D eigenvalue weighted by molar-refractivity contribution is 0.669. The topological polar surface area (TPSA) is 38.9 Å². The Kier molecular flexibility index (Phi) is 5.20. The second-order valence-electron chi connectivity index (χ2n) is 11.0. The van der Waals surface area contributed by atoms with Crippen LogP contribution in [0.3, 0.4) is 0 Å². The monoisotopic (exact) mass is 548 g/mol. The minimum Gasteiger partial charge on any atom is -0.456 e. The van der Waals surface area contributed by atoms with Crippen LogP contribution in [0, 0.1) is 0 Å². The summed E-state index contributed by atoms with van der Waals surface area (Å²) < 4.78 is 6.01. The van der Waals surface area contributed by atoms with Crippen LogP contribution in [0.2, 0.25) is 0 Å². The molecule has 0 amide bonds. The SMILES string of the molecule is c1ccc2c(c1)oc1ccc(-c3ccc(-c4ccc(-c5cnc6c7ccccc7c7ccccc7c6n5)cc4)cc3)cc12. The molecule has 9 rings (SSSR count). The van der Waals surface area contributed by atoms with Gasteiger partial charge in [0.05, 0.1) is 22.9 Å². The quantitative estimate of drug-likeness (QED) is 0.206. The number of nitrogens with zero attached hydrogens (tertiary/aromatic N) is 2. The van der Waals surface area contributed by atoms with Gasteiger partial charge >= 0.3 is 0 Å². The number of rotatable bonds is 3. The Morgan fingerprint density at radius 2 is 0.860 bits per heavy atom. The van der Waals surface area contributed by atoms with Crippen molar-refractivity contribution in [1.82, 2.24) is 9.97 Å². The van der Waals surface area contributed by atoms with Gasteiger partial charge in [-0.1, -0.05) is 121 Å². The van der Waals surface area contributed by atoms with Gasteiger partial charge in [0, 0.05) is 27.1 Å². The van der Waals surface area contributed by atoms with Crippen LogP contribution in [0.25, 0.3) is 88.0 Å². The molecule has 3 nitrogen and oxygen atoms in total. The Hall–Kier alpha value is -5.80. The molecule has 0 aliphatic heterocycles. The average molecular weight is 549 g/mol. The van der Waals surface area contributed by atoms with Crippen molar-refractivity contribution in [3.05, 3.63) is 146 Å². The molecule has 0 radical (unpaired) electrons. The summed E-state index contributed by atoms with van der Waals surface area (Å²) >= 11 is 0. The molecule has 0 fully saturated rings. The van der Waals surface area contributed by atoms with Crippen LogP contribution in [0.5, 0.6) is 0 Å². The van der Waals surface area contributed by atoms with E-state index in [9.17, 15) is 0 Å². The molecule has 0 saturated heterocycles. The fourth-order valence-electron chi connectivity index (χ4n) is 6.36. The van der Waals surface area contributed by atoms with E-state index in [-0.39, 0.29) is 0 Å². The summed E-state index contributed by atoms with van der Waals surface area (Å²) in [5, 5.41) is 6.96. The van der Waals surface area contributed by atoms with Crippen LogP contribution in [0.4, 0.5) is 0 Å². The van der Waals surface area contributed by atoms with Gasteiger partial charge in [-0.05, 0) is 51.2 Å². The van der Waals surface area contributed by atoms with E-state index in [0.29, 0.717) is 0 Å². The molecule has 2 heterocycles. The van der Waals surface area contributed by atoms with Gasteiger partial charge in [0.25, 0.3) is 0 Å². The fourth-order valence-corrected chi connectivity index (χ4v) is 6.36. The Labute approximate surface area is 247 Å². The number of hydrogen-bond acceptors (Lipinski definition) is 3. The third-order valence-corrected chi connectivity index (χ3v) is 8.54. The summed E-state index contributed by atoms with van der Waals surface area (Å²) in [6.45, 7) is 0. The Bertz CT molecular complexity index is 2450. The summed E-state index contributed by atoms with van der Waals surface area (Å²) in [7, 11) is 0. The molecule has 43 heavy (non-hydrogen) atoms. The van der Waals surface area contributed by atoms with Crippen molar-refractivity contribution in [3.8, 4) is 33.5 Å². The molecule has 0 spiro atoms. The zero-order valence-electron chi connectivity index (χ0n) is 23.2. The summed E-state index contributed by atoms with van der Waals surface area (Å²) in [6.07, 6.45) is 1.90. The average Bonchev–Trinajstić information content (AvgIpc) is 3.46. The van der Waals surface area contributed by atoms with Crippen LogP contribution in [-0.4, -0.2) is 9.97 Å². The summed E-state index contributed by atoms with van der Waals surface area (Å²) in [4.78, 5) is 10.1. The van der Waals surface area contributed by atoms with E-state index >= 15 is 0 Å².